The average Bonchev–Trinajstić information content (AvgIpc) is 2.68. The van der Waals surface area contributed by atoms with Crippen LogP contribution in [0.25, 0.3) is 0 Å². The maximum absolute atomic E-state index is 12.0. The molecule has 3 N–H and O–H groups in total. The number of nitrogens with one attached hydrogen (secondary N) is 1. The molecule has 1 aromatic rings. The molecule has 0 bridgehead atoms. The van der Waals surface area contributed by atoms with Crippen LogP contribution in [-0.4, -0.2) is 39.0 Å². The van der Waals surface area contributed by atoms with Crippen molar-refractivity contribution in [1.29, 1.82) is 0 Å². The number of rotatable bonds is 3. The Balaban J connectivity index is 2.06. The van der Waals surface area contributed by atoms with E-state index >= 15 is 0 Å². The molecule has 2 rings (SSSR count). The summed E-state index contributed by atoms with van der Waals surface area (Å²) in [7, 11) is -1.51. The van der Waals surface area contributed by atoms with Gasteiger partial charge in [0.2, 0.25) is 0 Å². The smallest absolute Gasteiger partial charge is 0.251 e. The third-order valence-electron chi connectivity index (χ3n) is 3.06. The number of hydrogen-bond donors (Lipinski definition) is 2. The van der Waals surface area contributed by atoms with Crippen LogP contribution in [0.4, 0.5) is 5.69 Å². The lowest BCUT2D eigenvalue weighted by Gasteiger charge is -2.12. The summed E-state index contributed by atoms with van der Waals surface area (Å²) < 4.78 is 27.6. The van der Waals surface area contributed by atoms with Crippen LogP contribution < -0.4 is 15.8 Å². The minimum absolute atomic E-state index is 0.00434. The lowest BCUT2D eigenvalue weighted by Crippen LogP contribution is -2.35. The minimum atomic E-state index is -3.00. The predicted molar refractivity (Wildman–Crippen MR) is 71.9 cm³/mol. The van der Waals surface area contributed by atoms with Gasteiger partial charge in [-0.1, -0.05) is 0 Å². The van der Waals surface area contributed by atoms with Gasteiger partial charge in [-0.3, -0.25) is 4.79 Å². The van der Waals surface area contributed by atoms with E-state index in [0.717, 1.165) is 0 Å². The number of anilines is 1. The van der Waals surface area contributed by atoms with Gasteiger partial charge in [0.1, 0.15) is 5.75 Å². The molecule has 0 aromatic heterocycles. The first-order chi connectivity index (χ1) is 8.91. The van der Waals surface area contributed by atoms with E-state index in [1.807, 2.05) is 0 Å². The van der Waals surface area contributed by atoms with Gasteiger partial charge in [-0.05, 0) is 24.6 Å². The van der Waals surface area contributed by atoms with Gasteiger partial charge in [0.05, 0.1) is 24.3 Å². The number of benzene rings is 1. The Kier molecular flexibility index (Phi) is 3.66. The molecule has 1 unspecified atom stereocenters. The van der Waals surface area contributed by atoms with Gasteiger partial charge in [0.15, 0.2) is 9.84 Å². The molecule has 19 heavy (non-hydrogen) atoms. The Hall–Kier alpha value is -1.76. The fourth-order valence-electron chi connectivity index (χ4n) is 2.05. The summed E-state index contributed by atoms with van der Waals surface area (Å²) in [6, 6.07) is 4.39. The lowest BCUT2D eigenvalue weighted by atomic mass is 10.1. The summed E-state index contributed by atoms with van der Waals surface area (Å²) in [6.07, 6.45) is 0.458. The Morgan fingerprint density at radius 2 is 2.21 bits per heavy atom. The van der Waals surface area contributed by atoms with Gasteiger partial charge < -0.3 is 15.8 Å². The van der Waals surface area contributed by atoms with E-state index in [4.69, 9.17) is 10.5 Å². The predicted octanol–water partition coefficient (Wildman–Crippen LogP) is 0.194. The molecule has 0 aliphatic carbocycles. The molecule has 1 aliphatic rings. The summed E-state index contributed by atoms with van der Waals surface area (Å²) in [5.41, 5.74) is 6.48. The van der Waals surface area contributed by atoms with E-state index in [0.29, 0.717) is 23.4 Å². The number of carbonyl (C=O) groups excluding carboxylic acids is 1. The van der Waals surface area contributed by atoms with Crippen LogP contribution in [-0.2, 0) is 9.84 Å². The molecule has 1 amide bonds. The molecule has 1 aliphatic heterocycles. The molecular formula is C12H16N2O4S. The summed E-state index contributed by atoms with van der Waals surface area (Å²) >= 11 is 0. The van der Waals surface area contributed by atoms with E-state index < -0.39 is 9.84 Å². The molecule has 104 valence electrons. The molecule has 0 saturated carbocycles. The summed E-state index contributed by atoms with van der Waals surface area (Å²) in [4.78, 5) is 12.0. The molecule has 1 heterocycles. The second-order valence-corrected chi connectivity index (χ2v) is 6.76. The summed E-state index contributed by atoms with van der Waals surface area (Å²) in [5.74, 6) is 0.309. The number of amides is 1. The van der Waals surface area contributed by atoms with Gasteiger partial charge in [-0.2, -0.15) is 0 Å². The first kappa shape index (κ1) is 13.7. The Bertz CT molecular complexity index is 598. The molecule has 1 saturated heterocycles. The highest BCUT2D eigenvalue weighted by atomic mass is 32.2. The van der Waals surface area contributed by atoms with Crippen LogP contribution in [0.1, 0.15) is 16.8 Å². The standard InChI is InChI=1S/C12H16N2O4S/c1-18-11-3-2-8(6-10(11)13)12(15)14-9-4-5-19(16,17)7-9/h2-3,6,9H,4-5,7,13H2,1H3,(H,14,15). The molecule has 6 nitrogen and oxygen atoms in total. The fraction of sp³-hybridized carbons (Fsp3) is 0.417. The molecule has 1 atom stereocenters. The highest BCUT2D eigenvalue weighted by molar-refractivity contribution is 7.91. The van der Waals surface area contributed by atoms with E-state index in [-0.39, 0.29) is 23.5 Å². The zero-order valence-corrected chi connectivity index (χ0v) is 11.4. The van der Waals surface area contributed by atoms with Gasteiger partial charge >= 0.3 is 0 Å². The number of methoxy groups -OCH3 is 1. The van der Waals surface area contributed by atoms with Crippen LogP contribution >= 0.6 is 0 Å². The maximum Gasteiger partial charge on any atom is 0.251 e. The van der Waals surface area contributed by atoms with Crippen LogP contribution in [0.15, 0.2) is 18.2 Å². The second kappa shape index (κ2) is 5.08. The average molecular weight is 284 g/mol. The first-order valence-corrected chi connectivity index (χ1v) is 7.68. The number of sulfone groups is 1. The SMILES string of the molecule is COc1ccc(C(=O)NC2CCS(=O)(=O)C2)cc1N. The van der Waals surface area contributed by atoms with Crippen molar-refractivity contribution in [2.24, 2.45) is 0 Å². The quantitative estimate of drug-likeness (QED) is 0.772. The van der Waals surface area contributed by atoms with Crippen molar-refractivity contribution in [2.45, 2.75) is 12.5 Å². The van der Waals surface area contributed by atoms with Gasteiger partial charge in [-0.25, -0.2) is 8.42 Å². The van der Waals surface area contributed by atoms with Gasteiger partial charge in [-0.15, -0.1) is 0 Å². The van der Waals surface area contributed by atoms with E-state index in [2.05, 4.69) is 5.32 Å². The van der Waals surface area contributed by atoms with Crippen molar-refractivity contribution in [2.75, 3.05) is 24.3 Å². The molecular weight excluding hydrogens is 268 g/mol. The summed E-state index contributed by atoms with van der Waals surface area (Å²) in [5, 5.41) is 2.70. The number of carbonyl (C=O) groups is 1. The van der Waals surface area contributed by atoms with E-state index in [1.54, 1.807) is 12.1 Å². The minimum Gasteiger partial charge on any atom is -0.495 e. The normalized spacial score (nSPS) is 21.0. The van der Waals surface area contributed by atoms with Crippen LogP contribution in [0.2, 0.25) is 0 Å². The molecule has 7 heteroatoms. The molecule has 0 spiro atoms. The number of ether oxygens (including phenoxy) is 1. The van der Waals surface area contributed by atoms with E-state index in [9.17, 15) is 13.2 Å². The van der Waals surface area contributed by atoms with Gasteiger partial charge in [0.25, 0.3) is 5.91 Å². The van der Waals surface area contributed by atoms with Crippen molar-refractivity contribution in [3.05, 3.63) is 23.8 Å². The van der Waals surface area contributed by atoms with Crippen molar-refractivity contribution in [3.63, 3.8) is 0 Å². The van der Waals surface area contributed by atoms with Crippen LogP contribution in [0, 0.1) is 0 Å². The third-order valence-corrected chi connectivity index (χ3v) is 4.83. The zero-order valence-electron chi connectivity index (χ0n) is 10.5. The Morgan fingerprint density at radius 3 is 2.74 bits per heavy atom. The monoisotopic (exact) mass is 284 g/mol. The fourth-order valence-corrected chi connectivity index (χ4v) is 3.73. The highest BCUT2D eigenvalue weighted by Crippen LogP contribution is 2.22. The van der Waals surface area contributed by atoms with Crippen molar-refractivity contribution in [1.82, 2.24) is 5.32 Å². The number of nitrogens with two attached hydrogens (primary N) is 1. The largest absolute Gasteiger partial charge is 0.495 e. The highest BCUT2D eigenvalue weighted by Gasteiger charge is 2.29. The van der Waals surface area contributed by atoms with Crippen molar-refractivity contribution in [3.8, 4) is 5.75 Å². The van der Waals surface area contributed by atoms with Crippen molar-refractivity contribution >= 4 is 21.4 Å². The number of hydrogen-bond acceptors (Lipinski definition) is 5. The second-order valence-electron chi connectivity index (χ2n) is 4.53. The van der Waals surface area contributed by atoms with E-state index in [1.165, 1.54) is 13.2 Å². The summed E-state index contributed by atoms with van der Waals surface area (Å²) in [6.45, 7) is 0. The Morgan fingerprint density at radius 1 is 1.47 bits per heavy atom. The molecule has 1 fully saturated rings. The first-order valence-electron chi connectivity index (χ1n) is 5.86. The zero-order chi connectivity index (χ0) is 14.0. The van der Waals surface area contributed by atoms with Crippen LogP contribution in [0.3, 0.4) is 0 Å². The molecule has 1 aromatic carbocycles. The third kappa shape index (κ3) is 3.17. The lowest BCUT2D eigenvalue weighted by molar-refractivity contribution is 0.0941. The number of nitrogen functional groups attached to an aromatic ring is 1. The van der Waals surface area contributed by atoms with Gasteiger partial charge in [0, 0.05) is 11.6 Å². The maximum atomic E-state index is 12.0. The Labute approximate surface area is 111 Å². The van der Waals surface area contributed by atoms with Crippen LogP contribution in [0.5, 0.6) is 5.75 Å². The van der Waals surface area contributed by atoms with Crippen molar-refractivity contribution < 1.29 is 17.9 Å². The molecule has 0 radical (unpaired) electrons. The topological polar surface area (TPSA) is 98.5 Å².